The summed E-state index contributed by atoms with van der Waals surface area (Å²) in [6.45, 7) is 4.34. The Hall–Kier alpha value is -0.750. The maximum absolute atomic E-state index is 4.99. The number of hydrogen-bond acceptors (Lipinski definition) is 4. The highest BCUT2D eigenvalue weighted by molar-refractivity contribution is 7.71. The van der Waals surface area contributed by atoms with Crippen molar-refractivity contribution >= 4 is 12.2 Å². The maximum atomic E-state index is 4.99. The van der Waals surface area contributed by atoms with Gasteiger partial charge < -0.3 is 4.90 Å². The molecule has 0 amide bonds. The van der Waals surface area contributed by atoms with Gasteiger partial charge in [0, 0.05) is 6.54 Å². The fourth-order valence-electron chi connectivity index (χ4n) is 1.79. The highest BCUT2D eigenvalue weighted by Crippen LogP contribution is 2.07. The number of tetrazole rings is 1. The number of H-pyrrole nitrogens is 1. The van der Waals surface area contributed by atoms with Gasteiger partial charge in [-0.3, -0.25) is 0 Å². The first-order valence-electron chi connectivity index (χ1n) is 5.06. The van der Waals surface area contributed by atoms with E-state index in [1.807, 2.05) is 4.68 Å². The van der Waals surface area contributed by atoms with Gasteiger partial charge in [-0.25, -0.2) is 4.68 Å². The van der Waals surface area contributed by atoms with Crippen molar-refractivity contribution in [3.05, 3.63) is 4.77 Å². The van der Waals surface area contributed by atoms with Crippen molar-refractivity contribution in [2.24, 2.45) is 0 Å². The Labute approximate surface area is 88.1 Å². The molecule has 1 aromatic rings. The highest BCUT2D eigenvalue weighted by atomic mass is 32.1. The molecule has 14 heavy (non-hydrogen) atoms. The lowest BCUT2D eigenvalue weighted by Gasteiger charge is -2.25. The predicted octanol–water partition coefficient (Wildman–Crippen LogP) is 0.822. The van der Waals surface area contributed by atoms with E-state index >= 15 is 0 Å². The van der Waals surface area contributed by atoms with Crippen LogP contribution in [0.5, 0.6) is 0 Å². The lowest BCUT2D eigenvalue weighted by molar-refractivity contribution is 0.217. The van der Waals surface area contributed by atoms with Crippen LogP contribution in [0.1, 0.15) is 19.3 Å². The van der Waals surface area contributed by atoms with Gasteiger partial charge in [0.2, 0.25) is 4.77 Å². The number of hydrogen-bond donors (Lipinski definition) is 1. The van der Waals surface area contributed by atoms with Crippen molar-refractivity contribution in [3.8, 4) is 0 Å². The molecular formula is C8H15N5S. The zero-order valence-corrected chi connectivity index (χ0v) is 8.96. The summed E-state index contributed by atoms with van der Waals surface area (Å²) in [4.78, 5) is 2.46. The molecular weight excluding hydrogens is 198 g/mol. The van der Waals surface area contributed by atoms with Crippen LogP contribution in [0.3, 0.4) is 0 Å². The Morgan fingerprint density at radius 1 is 1.21 bits per heavy atom. The molecule has 1 aliphatic heterocycles. The summed E-state index contributed by atoms with van der Waals surface area (Å²) in [7, 11) is 0. The molecule has 78 valence electrons. The summed E-state index contributed by atoms with van der Waals surface area (Å²) < 4.78 is 2.35. The molecule has 0 saturated carbocycles. The van der Waals surface area contributed by atoms with E-state index in [0.29, 0.717) is 4.77 Å². The number of likely N-dealkylation sites (tertiary alicyclic amines) is 1. The van der Waals surface area contributed by atoms with Gasteiger partial charge >= 0.3 is 0 Å². The minimum absolute atomic E-state index is 0.544. The molecule has 1 fully saturated rings. The zero-order valence-electron chi connectivity index (χ0n) is 8.15. The van der Waals surface area contributed by atoms with E-state index in [0.717, 1.165) is 13.1 Å². The van der Waals surface area contributed by atoms with Crippen LogP contribution >= 0.6 is 12.2 Å². The highest BCUT2D eigenvalue weighted by Gasteiger charge is 2.09. The normalized spacial score (nSPS) is 18.6. The van der Waals surface area contributed by atoms with Crippen LogP contribution in [0, 0.1) is 4.77 Å². The molecule has 0 radical (unpaired) electrons. The summed E-state index contributed by atoms with van der Waals surface area (Å²) in [6.07, 6.45) is 4.03. The molecule has 0 spiro atoms. The van der Waals surface area contributed by atoms with E-state index in [9.17, 15) is 0 Å². The van der Waals surface area contributed by atoms with Crippen molar-refractivity contribution in [1.82, 2.24) is 25.1 Å². The van der Waals surface area contributed by atoms with Crippen molar-refractivity contribution in [2.45, 2.75) is 25.8 Å². The van der Waals surface area contributed by atoms with E-state index < -0.39 is 0 Å². The monoisotopic (exact) mass is 213 g/mol. The molecule has 5 nitrogen and oxygen atoms in total. The number of rotatable bonds is 3. The second-order valence-electron chi connectivity index (χ2n) is 3.64. The summed E-state index contributed by atoms with van der Waals surface area (Å²) in [5, 5.41) is 10.2. The van der Waals surface area contributed by atoms with Crippen molar-refractivity contribution in [3.63, 3.8) is 0 Å². The lowest BCUT2D eigenvalue weighted by atomic mass is 10.1. The topological polar surface area (TPSA) is 49.7 Å². The molecule has 6 heteroatoms. The van der Waals surface area contributed by atoms with Crippen LogP contribution in [0.25, 0.3) is 0 Å². The van der Waals surface area contributed by atoms with Gasteiger partial charge in [-0.15, -0.1) is 0 Å². The summed E-state index contributed by atoms with van der Waals surface area (Å²) in [5.74, 6) is 0. The van der Waals surface area contributed by atoms with E-state index in [-0.39, 0.29) is 0 Å². The molecule has 0 bridgehead atoms. The van der Waals surface area contributed by atoms with Gasteiger partial charge in [-0.2, -0.15) is 5.21 Å². The molecule has 0 aromatic carbocycles. The van der Waals surface area contributed by atoms with Crippen LogP contribution < -0.4 is 0 Å². The fourth-order valence-corrected chi connectivity index (χ4v) is 1.96. The number of aromatic nitrogens is 4. The Morgan fingerprint density at radius 3 is 2.64 bits per heavy atom. The average Bonchev–Trinajstić information content (AvgIpc) is 2.63. The average molecular weight is 213 g/mol. The summed E-state index contributed by atoms with van der Waals surface area (Å²) in [5.41, 5.74) is 0. The molecule has 2 rings (SSSR count). The second kappa shape index (κ2) is 4.65. The zero-order chi connectivity index (χ0) is 9.80. The Balaban J connectivity index is 1.82. The molecule has 2 heterocycles. The molecule has 1 N–H and O–H groups in total. The van der Waals surface area contributed by atoms with Crippen LogP contribution in [0.2, 0.25) is 0 Å². The Kier molecular flexibility index (Phi) is 3.26. The van der Waals surface area contributed by atoms with Crippen molar-refractivity contribution in [2.75, 3.05) is 19.6 Å². The third-order valence-corrected chi connectivity index (χ3v) is 2.92. The van der Waals surface area contributed by atoms with E-state index in [4.69, 9.17) is 12.2 Å². The van der Waals surface area contributed by atoms with Crippen LogP contribution in [-0.2, 0) is 6.54 Å². The second-order valence-corrected chi connectivity index (χ2v) is 4.00. The third kappa shape index (κ3) is 2.39. The first kappa shape index (κ1) is 9.79. The van der Waals surface area contributed by atoms with Crippen molar-refractivity contribution < 1.29 is 0 Å². The van der Waals surface area contributed by atoms with E-state index in [1.54, 1.807) is 0 Å². The van der Waals surface area contributed by atoms with E-state index in [1.165, 1.54) is 32.4 Å². The van der Waals surface area contributed by atoms with Crippen LogP contribution in [0.15, 0.2) is 0 Å². The molecule has 1 aliphatic rings. The number of aromatic amines is 1. The SMILES string of the molecule is S=c1nn[nH]n1CCN1CCCCC1. The van der Waals surface area contributed by atoms with Gasteiger partial charge in [0.1, 0.15) is 0 Å². The predicted molar refractivity (Wildman–Crippen MR) is 55.5 cm³/mol. The van der Waals surface area contributed by atoms with Gasteiger partial charge in [-0.05, 0) is 38.1 Å². The van der Waals surface area contributed by atoms with Crippen molar-refractivity contribution in [1.29, 1.82) is 0 Å². The van der Waals surface area contributed by atoms with E-state index in [2.05, 4.69) is 20.4 Å². The van der Waals surface area contributed by atoms with Gasteiger partial charge in [0.15, 0.2) is 0 Å². The molecule has 0 atom stereocenters. The maximum Gasteiger partial charge on any atom is 0.238 e. The smallest absolute Gasteiger partial charge is 0.238 e. The number of nitrogens with one attached hydrogen (secondary N) is 1. The van der Waals surface area contributed by atoms with Gasteiger partial charge in [0.25, 0.3) is 0 Å². The van der Waals surface area contributed by atoms with Gasteiger partial charge in [-0.1, -0.05) is 16.7 Å². The third-order valence-electron chi connectivity index (χ3n) is 2.62. The number of piperidine rings is 1. The standard InChI is InChI=1S/C8H15N5S/c14-8-9-10-11-13(8)7-6-12-4-2-1-3-5-12/h1-7H2,(H,9,11,14). The lowest BCUT2D eigenvalue weighted by Crippen LogP contribution is -2.32. The first-order chi connectivity index (χ1) is 6.86. The molecule has 0 aliphatic carbocycles. The number of nitrogens with zero attached hydrogens (tertiary/aromatic N) is 4. The fraction of sp³-hybridized carbons (Fsp3) is 0.875. The minimum atomic E-state index is 0.544. The minimum Gasteiger partial charge on any atom is -0.301 e. The van der Waals surface area contributed by atoms with Crippen LogP contribution in [-0.4, -0.2) is 44.7 Å². The van der Waals surface area contributed by atoms with Gasteiger partial charge in [0.05, 0.1) is 6.54 Å². The quantitative estimate of drug-likeness (QED) is 0.755. The van der Waals surface area contributed by atoms with Crippen LogP contribution in [0.4, 0.5) is 0 Å². The molecule has 1 aromatic heterocycles. The summed E-state index contributed by atoms with van der Waals surface area (Å²) >= 11 is 4.99. The molecule has 0 unspecified atom stereocenters. The Bertz CT molecular complexity index is 324. The first-order valence-corrected chi connectivity index (χ1v) is 5.47. The summed E-state index contributed by atoms with van der Waals surface area (Å²) in [6, 6.07) is 0. The Morgan fingerprint density at radius 2 is 2.00 bits per heavy atom. The largest absolute Gasteiger partial charge is 0.301 e. The molecule has 1 saturated heterocycles.